The number of hydrogen-bond donors (Lipinski definition) is 2. The molecule has 0 saturated carbocycles. The molecule has 16 heavy (non-hydrogen) atoms. The lowest BCUT2D eigenvalue weighted by atomic mass is 10.3. The van der Waals surface area contributed by atoms with Crippen molar-refractivity contribution in [1.29, 1.82) is 0 Å². The van der Waals surface area contributed by atoms with Gasteiger partial charge in [0.15, 0.2) is 0 Å². The van der Waals surface area contributed by atoms with Gasteiger partial charge in [0, 0.05) is 12.2 Å². The molecule has 0 atom stereocenters. The zero-order valence-corrected chi connectivity index (χ0v) is 9.44. The molecule has 3 N–H and O–H groups in total. The molecule has 1 aliphatic carbocycles. The Bertz CT molecular complexity index is 485. The average molecular weight is 239 g/mol. The van der Waals surface area contributed by atoms with Crippen molar-refractivity contribution in [3.8, 4) is 0 Å². The highest BCUT2D eigenvalue weighted by atomic mass is 32.2. The number of anilines is 1. The zero-order chi connectivity index (χ0) is 11.6. The van der Waals surface area contributed by atoms with Gasteiger partial charge >= 0.3 is 0 Å². The van der Waals surface area contributed by atoms with Gasteiger partial charge < -0.3 is 5.73 Å². The fourth-order valence-corrected chi connectivity index (χ4v) is 2.76. The van der Waals surface area contributed by atoms with E-state index in [4.69, 9.17) is 5.73 Å². The van der Waals surface area contributed by atoms with Crippen LogP contribution in [0, 0.1) is 0 Å². The first-order valence-electron chi connectivity index (χ1n) is 4.97. The van der Waals surface area contributed by atoms with Gasteiger partial charge in [-0.05, 0) is 25.0 Å². The molecule has 0 amide bonds. The fraction of sp³-hybridized carbons (Fsp3) is 0.300. The number of nitrogens with two attached hydrogens (primary N) is 1. The van der Waals surface area contributed by atoms with Crippen molar-refractivity contribution in [2.45, 2.75) is 23.8 Å². The van der Waals surface area contributed by atoms with Crippen molar-refractivity contribution in [3.05, 3.63) is 30.5 Å². The highest BCUT2D eigenvalue weighted by Gasteiger charge is 2.20. The second kappa shape index (κ2) is 4.23. The van der Waals surface area contributed by atoms with Crippen molar-refractivity contribution in [2.24, 2.45) is 0 Å². The van der Waals surface area contributed by atoms with Crippen molar-refractivity contribution >= 4 is 15.8 Å². The van der Waals surface area contributed by atoms with E-state index >= 15 is 0 Å². The second-order valence-electron chi connectivity index (χ2n) is 3.68. The summed E-state index contributed by atoms with van der Waals surface area (Å²) in [6, 6.07) is 2.89. The maximum Gasteiger partial charge on any atom is 0.242 e. The molecule has 0 saturated heterocycles. The van der Waals surface area contributed by atoms with Crippen LogP contribution in [0.1, 0.15) is 12.8 Å². The fourth-order valence-electron chi connectivity index (χ4n) is 1.55. The van der Waals surface area contributed by atoms with Crippen molar-refractivity contribution < 1.29 is 8.42 Å². The number of hydrogen-bond acceptors (Lipinski definition) is 4. The molecule has 1 aliphatic rings. The molecular formula is C10H13N3O2S. The quantitative estimate of drug-likeness (QED) is 0.759. The third-order valence-electron chi connectivity index (χ3n) is 2.40. The standard InChI is InChI=1S/C10H13N3O2S/c11-10-6-5-9(7-12-10)16(14,15)13-8-3-1-2-4-8/h1-2,5-8,13H,3-4H2,(H2,11,12). The van der Waals surface area contributed by atoms with E-state index in [1.807, 2.05) is 12.2 Å². The van der Waals surface area contributed by atoms with Gasteiger partial charge in [0.05, 0.1) is 0 Å². The van der Waals surface area contributed by atoms with Crippen LogP contribution >= 0.6 is 0 Å². The monoisotopic (exact) mass is 239 g/mol. The van der Waals surface area contributed by atoms with Crippen LogP contribution in [-0.2, 0) is 10.0 Å². The van der Waals surface area contributed by atoms with Crippen LogP contribution in [0.15, 0.2) is 35.4 Å². The number of pyridine rings is 1. The first-order valence-corrected chi connectivity index (χ1v) is 6.45. The highest BCUT2D eigenvalue weighted by molar-refractivity contribution is 7.89. The number of aromatic nitrogens is 1. The van der Waals surface area contributed by atoms with E-state index in [0.717, 1.165) is 12.8 Å². The lowest BCUT2D eigenvalue weighted by Gasteiger charge is -2.12. The van der Waals surface area contributed by atoms with Gasteiger partial charge in [-0.3, -0.25) is 0 Å². The minimum absolute atomic E-state index is 0.0393. The van der Waals surface area contributed by atoms with E-state index in [1.54, 1.807) is 0 Å². The molecule has 86 valence electrons. The minimum atomic E-state index is -3.47. The molecule has 0 fully saturated rings. The molecule has 0 aromatic carbocycles. The van der Waals surface area contributed by atoms with Crippen LogP contribution in [0.3, 0.4) is 0 Å². The average Bonchev–Trinajstić information content (AvgIpc) is 2.70. The normalized spacial score (nSPS) is 16.8. The summed E-state index contributed by atoms with van der Waals surface area (Å²) in [6.45, 7) is 0. The summed E-state index contributed by atoms with van der Waals surface area (Å²) in [6.07, 6.45) is 6.67. The van der Waals surface area contributed by atoms with Crippen LogP contribution in [0.25, 0.3) is 0 Å². The summed E-state index contributed by atoms with van der Waals surface area (Å²) in [7, 11) is -3.47. The molecular weight excluding hydrogens is 226 g/mol. The molecule has 5 nitrogen and oxygen atoms in total. The molecule has 1 heterocycles. The number of nitrogen functional groups attached to an aromatic ring is 1. The first-order chi connectivity index (χ1) is 7.58. The van der Waals surface area contributed by atoms with E-state index in [2.05, 4.69) is 9.71 Å². The van der Waals surface area contributed by atoms with E-state index < -0.39 is 10.0 Å². The van der Waals surface area contributed by atoms with Crippen molar-refractivity contribution in [1.82, 2.24) is 9.71 Å². The second-order valence-corrected chi connectivity index (χ2v) is 5.39. The molecule has 0 radical (unpaired) electrons. The Morgan fingerprint density at radius 3 is 2.56 bits per heavy atom. The molecule has 0 spiro atoms. The third kappa shape index (κ3) is 2.40. The third-order valence-corrected chi connectivity index (χ3v) is 3.90. The summed E-state index contributed by atoms with van der Waals surface area (Å²) in [4.78, 5) is 3.91. The van der Waals surface area contributed by atoms with Crippen LogP contribution in [0.4, 0.5) is 5.82 Å². The Morgan fingerprint density at radius 2 is 2.00 bits per heavy atom. The summed E-state index contributed by atoms with van der Waals surface area (Å²) in [5.74, 6) is 0.307. The molecule has 1 aromatic rings. The molecule has 0 aliphatic heterocycles. The van der Waals surface area contributed by atoms with E-state index in [0.29, 0.717) is 5.82 Å². The van der Waals surface area contributed by atoms with Crippen LogP contribution in [0.2, 0.25) is 0 Å². The molecule has 2 rings (SSSR count). The maximum absolute atomic E-state index is 11.9. The van der Waals surface area contributed by atoms with Gasteiger partial charge in [0.1, 0.15) is 10.7 Å². The first kappa shape index (κ1) is 11.1. The van der Waals surface area contributed by atoms with Gasteiger partial charge in [0.2, 0.25) is 10.0 Å². The maximum atomic E-state index is 11.9. The SMILES string of the molecule is Nc1ccc(S(=O)(=O)NC2CC=CC2)cn1. The Labute approximate surface area is 94.4 Å². The summed E-state index contributed by atoms with van der Waals surface area (Å²) in [5, 5.41) is 0. The molecule has 0 unspecified atom stereocenters. The van der Waals surface area contributed by atoms with E-state index in [9.17, 15) is 8.42 Å². The van der Waals surface area contributed by atoms with Gasteiger partial charge in [-0.15, -0.1) is 0 Å². The van der Waals surface area contributed by atoms with Crippen LogP contribution in [-0.4, -0.2) is 19.4 Å². The van der Waals surface area contributed by atoms with Gasteiger partial charge in [0.25, 0.3) is 0 Å². The van der Waals surface area contributed by atoms with Gasteiger partial charge in [-0.2, -0.15) is 0 Å². The molecule has 0 bridgehead atoms. The predicted molar refractivity (Wildman–Crippen MR) is 61.1 cm³/mol. The number of nitrogens with zero attached hydrogens (tertiary/aromatic N) is 1. The van der Waals surface area contributed by atoms with Crippen molar-refractivity contribution in [2.75, 3.05) is 5.73 Å². The van der Waals surface area contributed by atoms with Gasteiger partial charge in [-0.1, -0.05) is 12.2 Å². The Kier molecular flexibility index (Phi) is 2.93. The lowest BCUT2D eigenvalue weighted by Crippen LogP contribution is -2.32. The van der Waals surface area contributed by atoms with Crippen LogP contribution < -0.4 is 10.5 Å². The van der Waals surface area contributed by atoms with E-state index in [-0.39, 0.29) is 10.9 Å². The highest BCUT2D eigenvalue weighted by Crippen LogP contribution is 2.14. The number of nitrogens with one attached hydrogen (secondary N) is 1. The number of sulfonamides is 1. The summed E-state index contributed by atoms with van der Waals surface area (Å²) in [5.41, 5.74) is 5.40. The summed E-state index contributed by atoms with van der Waals surface area (Å²) < 4.78 is 26.4. The van der Waals surface area contributed by atoms with Crippen LogP contribution in [0.5, 0.6) is 0 Å². The largest absolute Gasteiger partial charge is 0.384 e. The Morgan fingerprint density at radius 1 is 1.31 bits per heavy atom. The topological polar surface area (TPSA) is 85.1 Å². The Hall–Kier alpha value is -1.40. The van der Waals surface area contributed by atoms with Gasteiger partial charge in [-0.25, -0.2) is 18.1 Å². The lowest BCUT2D eigenvalue weighted by molar-refractivity contribution is 0.557. The van der Waals surface area contributed by atoms with Crippen molar-refractivity contribution in [3.63, 3.8) is 0 Å². The number of rotatable bonds is 3. The smallest absolute Gasteiger partial charge is 0.242 e. The van der Waals surface area contributed by atoms with E-state index in [1.165, 1.54) is 18.3 Å². The molecule has 6 heteroatoms. The summed E-state index contributed by atoms with van der Waals surface area (Å²) >= 11 is 0. The molecule has 1 aromatic heterocycles. The predicted octanol–water partition coefficient (Wildman–Crippen LogP) is 0.661. The Balaban J connectivity index is 2.15. The minimum Gasteiger partial charge on any atom is -0.384 e. The zero-order valence-electron chi connectivity index (χ0n) is 8.63.